The highest BCUT2D eigenvalue weighted by Crippen LogP contribution is 2.27. The highest BCUT2D eigenvalue weighted by Gasteiger charge is 2.27. The van der Waals surface area contributed by atoms with Crippen molar-refractivity contribution in [3.8, 4) is 0 Å². The summed E-state index contributed by atoms with van der Waals surface area (Å²) in [6, 6.07) is 5.51. The maximum atomic E-state index is 11.6. The zero-order chi connectivity index (χ0) is 11.7. The Kier molecular flexibility index (Phi) is 3.10. The van der Waals surface area contributed by atoms with Crippen LogP contribution in [0.5, 0.6) is 0 Å². The molecule has 1 unspecified atom stereocenters. The Balaban J connectivity index is 2.18. The second-order valence-corrected chi connectivity index (χ2v) is 5.00. The predicted octanol–water partition coefficient (Wildman–Crippen LogP) is 0.871. The van der Waals surface area contributed by atoms with E-state index in [0.717, 1.165) is 16.7 Å². The normalized spacial score (nSPS) is 18.6. The summed E-state index contributed by atoms with van der Waals surface area (Å²) < 4.78 is 0. The van der Waals surface area contributed by atoms with Crippen molar-refractivity contribution in [3.63, 3.8) is 0 Å². The number of rotatable bonds is 3. The first-order valence-corrected chi connectivity index (χ1v) is 5.99. The summed E-state index contributed by atoms with van der Waals surface area (Å²) in [5.74, 6) is -0.934. The molecule has 84 valence electrons. The molecule has 1 aromatic carbocycles. The lowest BCUT2D eigenvalue weighted by molar-refractivity contribution is -0.305. The van der Waals surface area contributed by atoms with Gasteiger partial charge in [-0.1, -0.05) is 34.1 Å². The SMILES string of the molecule is O=C([O-])CCc1ccc2c(c1)CC(Br)C2=O. The molecule has 0 amide bonds. The fourth-order valence-electron chi connectivity index (χ4n) is 1.91. The summed E-state index contributed by atoms with van der Waals surface area (Å²) in [4.78, 5) is 21.8. The van der Waals surface area contributed by atoms with E-state index >= 15 is 0 Å². The number of Topliss-reactive ketones (excluding diaryl/α,β-unsaturated/α-hetero) is 1. The first kappa shape index (κ1) is 11.3. The van der Waals surface area contributed by atoms with Gasteiger partial charge in [0.1, 0.15) is 0 Å². The number of hydrogen-bond acceptors (Lipinski definition) is 3. The fraction of sp³-hybridized carbons (Fsp3) is 0.333. The summed E-state index contributed by atoms with van der Waals surface area (Å²) in [6.45, 7) is 0. The predicted molar refractivity (Wildman–Crippen MR) is 60.5 cm³/mol. The topological polar surface area (TPSA) is 57.2 Å². The molecule has 0 heterocycles. The molecule has 0 bridgehead atoms. The van der Waals surface area contributed by atoms with Crippen LogP contribution in [0.1, 0.15) is 27.9 Å². The Labute approximate surface area is 102 Å². The number of carboxylic acids is 1. The van der Waals surface area contributed by atoms with Gasteiger partial charge < -0.3 is 9.90 Å². The fourth-order valence-corrected chi connectivity index (χ4v) is 2.51. The average molecular weight is 282 g/mol. The first-order valence-electron chi connectivity index (χ1n) is 5.08. The van der Waals surface area contributed by atoms with Gasteiger partial charge in [0.05, 0.1) is 4.83 Å². The summed E-state index contributed by atoms with van der Waals surface area (Å²) in [7, 11) is 0. The smallest absolute Gasteiger partial charge is 0.177 e. The minimum atomic E-state index is -1.05. The number of carbonyl (C=O) groups excluding carboxylic acids is 2. The summed E-state index contributed by atoms with van der Waals surface area (Å²) in [5.41, 5.74) is 2.69. The van der Waals surface area contributed by atoms with Crippen molar-refractivity contribution in [1.82, 2.24) is 0 Å². The highest BCUT2D eigenvalue weighted by molar-refractivity contribution is 9.10. The van der Waals surface area contributed by atoms with Gasteiger partial charge in [-0.15, -0.1) is 0 Å². The van der Waals surface area contributed by atoms with Crippen molar-refractivity contribution in [2.24, 2.45) is 0 Å². The largest absolute Gasteiger partial charge is 0.550 e. The van der Waals surface area contributed by atoms with E-state index < -0.39 is 5.97 Å². The number of fused-ring (bicyclic) bond motifs is 1. The number of ketones is 1. The maximum absolute atomic E-state index is 11.6. The number of aryl methyl sites for hydroxylation is 1. The number of halogens is 1. The molecule has 3 nitrogen and oxygen atoms in total. The molecule has 0 aromatic heterocycles. The number of benzene rings is 1. The number of carbonyl (C=O) groups is 2. The standard InChI is InChI=1S/C12H11BrO3/c13-10-6-8-5-7(2-4-11(14)15)1-3-9(8)12(10)16/h1,3,5,10H,2,4,6H2,(H,14,15)/p-1. The molecule has 2 rings (SSSR count). The van der Waals surface area contributed by atoms with Gasteiger partial charge in [0, 0.05) is 11.5 Å². The van der Waals surface area contributed by atoms with Gasteiger partial charge in [-0.05, 0) is 30.4 Å². The molecule has 16 heavy (non-hydrogen) atoms. The monoisotopic (exact) mass is 281 g/mol. The number of hydrogen-bond donors (Lipinski definition) is 0. The van der Waals surface area contributed by atoms with E-state index in [9.17, 15) is 14.7 Å². The average Bonchev–Trinajstić information content (AvgIpc) is 2.52. The van der Waals surface area contributed by atoms with Crippen molar-refractivity contribution in [3.05, 3.63) is 34.9 Å². The third-order valence-corrected chi connectivity index (χ3v) is 3.48. The van der Waals surface area contributed by atoms with Crippen LogP contribution >= 0.6 is 15.9 Å². The molecule has 1 aromatic rings. The number of carboxylic acid groups (broad SMARTS) is 1. The molecule has 0 fully saturated rings. The van der Waals surface area contributed by atoms with Crippen LogP contribution in [-0.2, 0) is 17.6 Å². The molecule has 0 N–H and O–H groups in total. The third kappa shape index (κ3) is 2.16. The van der Waals surface area contributed by atoms with Crippen LogP contribution in [0.2, 0.25) is 0 Å². The van der Waals surface area contributed by atoms with E-state index in [-0.39, 0.29) is 17.0 Å². The van der Waals surface area contributed by atoms with E-state index in [1.165, 1.54) is 0 Å². The van der Waals surface area contributed by atoms with Gasteiger partial charge in [-0.3, -0.25) is 4.79 Å². The third-order valence-electron chi connectivity index (χ3n) is 2.74. The molecule has 1 aliphatic carbocycles. The van der Waals surface area contributed by atoms with Crippen molar-refractivity contribution < 1.29 is 14.7 Å². The molecule has 0 aliphatic heterocycles. The summed E-state index contributed by atoms with van der Waals surface area (Å²) in [6.07, 6.45) is 1.16. The van der Waals surface area contributed by atoms with Crippen LogP contribution in [-0.4, -0.2) is 16.6 Å². The Hall–Kier alpha value is -1.16. The van der Waals surface area contributed by atoms with Crippen molar-refractivity contribution in [2.45, 2.75) is 24.1 Å². The Bertz CT molecular complexity index is 454. The van der Waals surface area contributed by atoms with Crippen LogP contribution in [0.3, 0.4) is 0 Å². The molecular formula is C12H10BrO3-. The van der Waals surface area contributed by atoms with Crippen molar-refractivity contribution >= 4 is 27.7 Å². The number of aliphatic carboxylic acids is 1. The minimum Gasteiger partial charge on any atom is -0.550 e. The van der Waals surface area contributed by atoms with Crippen LogP contribution in [0.25, 0.3) is 0 Å². The molecule has 0 saturated carbocycles. The lowest BCUT2D eigenvalue weighted by Crippen LogP contribution is -2.22. The molecule has 0 radical (unpaired) electrons. The Morgan fingerprint density at radius 3 is 2.94 bits per heavy atom. The Morgan fingerprint density at radius 2 is 2.25 bits per heavy atom. The molecule has 4 heteroatoms. The zero-order valence-corrected chi connectivity index (χ0v) is 10.1. The van der Waals surface area contributed by atoms with Crippen molar-refractivity contribution in [2.75, 3.05) is 0 Å². The van der Waals surface area contributed by atoms with Crippen LogP contribution in [0.15, 0.2) is 18.2 Å². The van der Waals surface area contributed by atoms with Crippen LogP contribution in [0, 0.1) is 0 Å². The van der Waals surface area contributed by atoms with Gasteiger partial charge in [0.2, 0.25) is 0 Å². The molecule has 1 aliphatic rings. The summed E-state index contributed by atoms with van der Waals surface area (Å²) >= 11 is 3.32. The summed E-state index contributed by atoms with van der Waals surface area (Å²) in [5, 5.41) is 10.3. The molecule has 0 spiro atoms. The van der Waals surface area contributed by atoms with E-state index in [2.05, 4.69) is 15.9 Å². The molecule has 0 saturated heterocycles. The van der Waals surface area contributed by atoms with Gasteiger partial charge in [0.15, 0.2) is 5.78 Å². The van der Waals surface area contributed by atoms with Gasteiger partial charge >= 0.3 is 0 Å². The van der Waals surface area contributed by atoms with E-state index in [1.807, 2.05) is 12.1 Å². The molecule has 1 atom stereocenters. The van der Waals surface area contributed by atoms with E-state index in [0.29, 0.717) is 12.8 Å². The van der Waals surface area contributed by atoms with Gasteiger partial charge in [-0.25, -0.2) is 0 Å². The quantitative estimate of drug-likeness (QED) is 0.773. The van der Waals surface area contributed by atoms with Crippen LogP contribution in [0.4, 0.5) is 0 Å². The van der Waals surface area contributed by atoms with E-state index in [4.69, 9.17) is 0 Å². The highest BCUT2D eigenvalue weighted by atomic mass is 79.9. The zero-order valence-electron chi connectivity index (χ0n) is 8.53. The van der Waals surface area contributed by atoms with Gasteiger partial charge in [0.25, 0.3) is 0 Å². The second-order valence-electron chi connectivity index (χ2n) is 3.90. The van der Waals surface area contributed by atoms with E-state index in [1.54, 1.807) is 6.07 Å². The first-order chi connectivity index (χ1) is 7.58. The van der Waals surface area contributed by atoms with Crippen molar-refractivity contribution in [1.29, 1.82) is 0 Å². The molecular weight excluding hydrogens is 272 g/mol. The maximum Gasteiger partial charge on any atom is 0.177 e. The minimum absolute atomic E-state index is 0.0183. The number of alkyl halides is 1. The lowest BCUT2D eigenvalue weighted by Gasteiger charge is -2.04. The second kappa shape index (κ2) is 4.37. The van der Waals surface area contributed by atoms with Gasteiger partial charge in [-0.2, -0.15) is 0 Å². The lowest BCUT2D eigenvalue weighted by atomic mass is 10.0. The van der Waals surface area contributed by atoms with Crippen LogP contribution < -0.4 is 5.11 Å². The Morgan fingerprint density at radius 1 is 1.50 bits per heavy atom.